The van der Waals surface area contributed by atoms with Gasteiger partial charge >= 0.3 is 0 Å². The molecule has 1 saturated heterocycles. The van der Waals surface area contributed by atoms with Gasteiger partial charge in [-0.15, -0.1) is 0 Å². The number of likely N-dealkylation sites (tertiary alicyclic amines) is 1. The summed E-state index contributed by atoms with van der Waals surface area (Å²) in [5.41, 5.74) is 2.23. The fraction of sp³-hybridized carbons (Fsp3) is 0.579. The fourth-order valence-electron chi connectivity index (χ4n) is 3.39. The Bertz CT molecular complexity index is 740. The van der Waals surface area contributed by atoms with Gasteiger partial charge in [-0.25, -0.2) is 4.98 Å². The Kier molecular flexibility index (Phi) is 7.23. The minimum absolute atomic E-state index is 0.0494. The molecule has 0 bridgehead atoms. The van der Waals surface area contributed by atoms with E-state index in [-0.39, 0.29) is 5.91 Å². The molecule has 0 aliphatic carbocycles. The summed E-state index contributed by atoms with van der Waals surface area (Å²) in [4.78, 5) is 19.8. The number of nitrogens with one attached hydrogen (secondary N) is 1. The molecule has 3 rings (SSSR count). The third-order valence-electron chi connectivity index (χ3n) is 4.80. The lowest BCUT2D eigenvalue weighted by molar-refractivity contribution is 0.0736. The van der Waals surface area contributed by atoms with Crippen molar-refractivity contribution in [1.82, 2.24) is 19.6 Å². The number of thioether (sulfide) groups is 1. The fourth-order valence-corrected chi connectivity index (χ4v) is 3.90. The molecule has 5 nitrogen and oxygen atoms in total. The smallest absolute Gasteiger partial charge is 0.274 e. The molecule has 0 aromatic carbocycles. The van der Waals surface area contributed by atoms with Gasteiger partial charge in [-0.2, -0.15) is 11.8 Å². The van der Waals surface area contributed by atoms with Crippen LogP contribution in [0.15, 0.2) is 18.3 Å². The van der Waals surface area contributed by atoms with Gasteiger partial charge in [-0.1, -0.05) is 30.9 Å². The van der Waals surface area contributed by atoms with Crippen LogP contribution in [-0.2, 0) is 6.54 Å². The predicted octanol–water partition coefficient (Wildman–Crippen LogP) is 3.85. The van der Waals surface area contributed by atoms with Crippen LogP contribution in [0.3, 0.4) is 0 Å². The third kappa shape index (κ3) is 4.72. The van der Waals surface area contributed by atoms with Crippen molar-refractivity contribution in [3.8, 4) is 0 Å². The number of hydrogen-bond donors (Lipinski definition) is 1. The van der Waals surface area contributed by atoms with E-state index in [1.54, 1.807) is 11.8 Å². The highest BCUT2D eigenvalue weighted by Gasteiger charge is 2.24. The average Bonchev–Trinajstić information content (AvgIpc) is 2.96. The number of imidazole rings is 1. The number of fused-ring (bicyclic) bond motifs is 1. The minimum Gasteiger partial charge on any atom is -0.337 e. The zero-order valence-corrected chi connectivity index (χ0v) is 16.9. The van der Waals surface area contributed by atoms with Crippen LogP contribution < -0.4 is 5.32 Å². The Morgan fingerprint density at radius 2 is 1.96 bits per heavy atom. The van der Waals surface area contributed by atoms with Crippen molar-refractivity contribution in [3.63, 3.8) is 0 Å². The number of carbonyl (C=O) groups is 1. The summed E-state index contributed by atoms with van der Waals surface area (Å²) in [6.45, 7) is 3.16. The molecule has 3 heterocycles. The van der Waals surface area contributed by atoms with E-state index in [2.05, 4.69) is 16.6 Å². The van der Waals surface area contributed by atoms with E-state index < -0.39 is 0 Å². The van der Waals surface area contributed by atoms with E-state index in [4.69, 9.17) is 11.6 Å². The maximum Gasteiger partial charge on any atom is 0.274 e. The van der Waals surface area contributed by atoms with Gasteiger partial charge in [0.1, 0.15) is 5.65 Å². The number of aromatic nitrogens is 2. The highest BCUT2D eigenvalue weighted by molar-refractivity contribution is 7.98. The average molecular weight is 395 g/mol. The highest BCUT2D eigenvalue weighted by Crippen LogP contribution is 2.20. The Morgan fingerprint density at radius 3 is 2.69 bits per heavy atom. The zero-order valence-electron chi connectivity index (χ0n) is 15.3. The van der Waals surface area contributed by atoms with Crippen molar-refractivity contribution in [3.05, 3.63) is 34.7 Å². The minimum atomic E-state index is 0.0494. The largest absolute Gasteiger partial charge is 0.337 e. The molecule has 1 N–H and O–H groups in total. The third-order valence-corrected chi connectivity index (χ3v) is 5.64. The molecule has 0 saturated carbocycles. The first kappa shape index (κ1) is 19.5. The number of pyridine rings is 1. The van der Waals surface area contributed by atoms with Gasteiger partial charge in [0.05, 0.1) is 10.7 Å². The number of carbonyl (C=O) groups excluding carboxylic acids is 1. The van der Waals surface area contributed by atoms with Crippen LogP contribution in [-0.4, -0.2) is 51.8 Å². The Labute approximate surface area is 164 Å². The van der Waals surface area contributed by atoms with Crippen LogP contribution in [0.5, 0.6) is 0 Å². The van der Waals surface area contributed by atoms with E-state index in [1.165, 1.54) is 19.3 Å². The molecule has 0 unspecified atom stereocenters. The van der Waals surface area contributed by atoms with Crippen molar-refractivity contribution in [2.24, 2.45) is 0 Å². The Balaban J connectivity index is 1.88. The topological polar surface area (TPSA) is 49.6 Å². The highest BCUT2D eigenvalue weighted by atomic mass is 35.5. The molecule has 2 aromatic rings. The van der Waals surface area contributed by atoms with Gasteiger partial charge in [0.15, 0.2) is 5.69 Å². The summed E-state index contributed by atoms with van der Waals surface area (Å²) < 4.78 is 1.95. The molecule has 1 aliphatic heterocycles. The maximum absolute atomic E-state index is 13.2. The van der Waals surface area contributed by atoms with E-state index in [0.717, 1.165) is 49.6 Å². The molecular formula is C19H27ClN4OS. The molecule has 26 heavy (non-hydrogen) atoms. The standard InChI is InChI=1S/C19H27ClN4OS/c1-26-12-9-21-13-16-18(22-17-8-7-15(20)14-24(16)17)19(25)23-10-5-3-2-4-6-11-23/h7-8,14,21H,2-6,9-13H2,1H3. The van der Waals surface area contributed by atoms with Gasteiger partial charge in [0, 0.05) is 38.1 Å². The van der Waals surface area contributed by atoms with E-state index in [9.17, 15) is 4.79 Å². The van der Waals surface area contributed by atoms with Gasteiger partial charge in [0.25, 0.3) is 5.91 Å². The van der Waals surface area contributed by atoms with Crippen molar-refractivity contribution in [2.75, 3.05) is 31.6 Å². The van der Waals surface area contributed by atoms with Crippen molar-refractivity contribution in [2.45, 2.75) is 38.6 Å². The zero-order chi connectivity index (χ0) is 18.4. The van der Waals surface area contributed by atoms with Crippen LogP contribution in [0.2, 0.25) is 5.02 Å². The monoisotopic (exact) mass is 394 g/mol. The molecule has 142 valence electrons. The first-order chi connectivity index (χ1) is 12.7. The number of nitrogens with zero attached hydrogens (tertiary/aromatic N) is 3. The SMILES string of the molecule is CSCCNCc1c(C(=O)N2CCCCCCC2)nc2ccc(Cl)cn12. The molecular weight excluding hydrogens is 368 g/mol. The van der Waals surface area contributed by atoms with Crippen LogP contribution in [0.1, 0.15) is 48.3 Å². The second kappa shape index (κ2) is 9.62. The van der Waals surface area contributed by atoms with Crippen LogP contribution in [0.25, 0.3) is 5.65 Å². The maximum atomic E-state index is 13.2. The van der Waals surface area contributed by atoms with Crippen molar-refractivity contribution < 1.29 is 4.79 Å². The molecule has 1 aliphatic rings. The molecule has 0 spiro atoms. The predicted molar refractivity (Wildman–Crippen MR) is 109 cm³/mol. The quantitative estimate of drug-likeness (QED) is 0.756. The van der Waals surface area contributed by atoms with Crippen molar-refractivity contribution in [1.29, 1.82) is 0 Å². The summed E-state index contributed by atoms with van der Waals surface area (Å²) in [6.07, 6.45) is 9.77. The molecule has 7 heteroatoms. The lowest BCUT2D eigenvalue weighted by Gasteiger charge is -2.24. The molecule has 2 aromatic heterocycles. The lowest BCUT2D eigenvalue weighted by Crippen LogP contribution is -2.35. The Morgan fingerprint density at radius 1 is 1.23 bits per heavy atom. The van der Waals surface area contributed by atoms with Crippen LogP contribution >= 0.6 is 23.4 Å². The number of amides is 1. The second-order valence-corrected chi connectivity index (χ2v) is 8.13. The molecule has 1 amide bonds. The summed E-state index contributed by atoms with van der Waals surface area (Å²) in [5, 5.41) is 4.07. The van der Waals surface area contributed by atoms with Crippen LogP contribution in [0.4, 0.5) is 0 Å². The lowest BCUT2D eigenvalue weighted by atomic mass is 10.1. The van der Waals surface area contributed by atoms with Gasteiger partial charge in [-0.05, 0) is 31.2 Å². The molecule has 0 atom stereocenters. The van der Waals surface area contributed by atoms with Crippen molar-refractivity contribution >= 4 is 34.9 Å². The summed E-state index contributed by atoms with van der Waals surface area (Å²) in [6, 6.07) is 3.69. The van der Waals surface area contributed by atoms with Gasteiger partial charge in [-0.3, -0.25) is 4.79 Å². The molecule has 0 radical (unpaired) electrons. The van der Waals surface area contributed by atoms with Crippen LogP contribution in [0, 0.1) is 0 Å². The Hall–Kier alpha value is -1.24. The first-order valence-electron chi connectivity index (χ1n) is 9.36. The van der Waals surface area contributed by atoms with Gasteiger partial charge < -0.3 is 14.6 Å². The van der Waals surface area contributed by atoms with E-state index in [1.807, 2.05) is 27.6 Å². The number of hydrogen-bond acceptors (Lipinski definition) is 4. The summed E-state index contributed by atoms with van der Waals surface area (Å²) >= 11 is 7.99. The van der Waals surface area contributed by atoms with E-state index in [0.29, 0.717) is 17.3 Å². The normalized spacial score (nSPS) is 15.8. The summed E-state index contributed by atoms with van der Waals surface area (Å²) in [7, 11) is 0. The number of halogens is 1. The van der Waals surface area contributed by atoms with Gasteiger partial charge in [0.2, 0.25) is 0 Å². The number of rotatable bonds is 6. The molecule has 1 fully saturated rings. The van der Waals surface area contributed by atoms with E-state index >= 15 is 0 Å². The first-order valence-corrected chi connectivity index (χ1v) is 11.1. The summed E-state index contributed by atoms with van der Waals surface area (Å²) in [5.74, 6) is 1.08. The second-order valence-electron chi connectivity index (χ2n) is 6.71.